The molecule has 0 atom stereocenters. The van der Waals surface area contributed by atoms with Gasteiger partial charge in [-0.3, -0.25) is 0 Å². The zero-order chi connectivity index (χ0) is 0. The molecule has 2 N–H and O–H groups in total. The minimum atomic E-state index is 0. The van der Waals surface area contributed by atoms with Crippen molar-refractivity contribution in [3.8, 4) is 0 Å². The summed E-state index contributed by atoms with van der Waals surface area (Å²) in [7, 11) is 0. The molecule has 6 heavy (non-hydrogen) atoms. The van der Waals surface area contributed by atoms with Gasteiger partial charge in [0.05, 0.1) is 0 Å². The van der Waals surface area contributed by atoms with Crippen LogP contribution in [0.2, 0.25) is 0 Å². The Bertz CT molecular complexity index is 15.5. The van der Waals surface area contributed by atoms with E-state index in [0.29, 0.717) is 0 Å². The molecule has 0 saturated carbocycles. The smallest absolute Gasteiger partial charge is 0 e. The molecule has 0 amide bonds. The second-order valence-corrected chi connectivity index (χ2v) is 0. The van der Waals surface area contributed by atoms with Crippen molar-refractivity contribution in [2.75, 3.05) is 0 Å². The van der Waals surface area contributed by atoms with Gasteiger partial charge in [0.15, 0.2) is 0 Å². The van der Waals surface area contributed by atoms with Gasteiger partial charge in [-0.05, 0) is 0 Å². The zero-order valence-corrected chi connectivity index (χ0v) is 6.67. The second-order valence-electron chi connectivity index (χ2n) is 0. The average molecular weight is 267 g/mol. The molecule has 0 aliphatic rings. The van der Waals surface area contributed by atoms with Gasteiger partial charge in [-0.2, -0.15) is 0 Å². The molecule has 0 bridgehead atoms. The molecule has 0 aromatic rings. The first kappa shape index (κ1) is 60.3. The van der Waals surface area contributed by atoms with Gasteiger partial charge >= 0.3 is 29.6 Å². The van der Waals surface area contributed by atoms with Gasteiger partial charge in [-0.1, -0.05) is 0 Å². The minimum absolute atomic E-state index is 0. The summed E-state index contributed by atoms with van der Waals surface area (Å²) in [5.74, 6) is 0. The molecule has 0 fully saturated rings. The van der Waals surface area contributed by atoms with Crippen LogP contribution in [0, 0.1) is 0 Å². The Balaban J connectivity index is 0. The Morgan fingerprint density at radius 3 is 1.00 bits per heavy atom. The van der Waals surface area contributed by atoms with E-state index in [1.54, 1.807) is 0 Å². The largest absolute Gasteiger partial charge is 0 e. The molecule has 0 spiro atoms. The summed E-state index contributed by atoms with van der Waals surface area (Å²) in [4.78, 5) is 0. The summed E-state index contributed by atoms with van der Waals surface area (Å²) < 4.78 is 0. The first-order valence-corrected chi connectivity index (χ1v) is 0. The molecular weight excluding hydrogens is 264 g/mol. The van der Waals surface area contributed by atoms with Crippen LogP contribution in [0.5, 0.6) is 0 Å². The monoisotopic (exact) mass is 266 g/mol. The molecule has 0 aromatic heterocycles. The van der Waals surface area contributed by atoms with E-state index in [2.05, 4.69) is 0 Å². The summed E-state index contributed by atoms with van der Waals surface area (Å²) in [5.41, 5.74) is 0. The van der Waals surface area contributed by atoms with Crippen LogP contribution in [0.4, 0.5) is 0 Å². The summed E-state index contributed by atoms with van der Waals surface area (Å²) in [6.07, 6.45) is 0. The van der Waals surface area contributed by atoms with Gasteiger partial charge in [0, 0.05) is 72.3 Å². The van der Waals surface area contributed by atoms with Gasteiger partial charge in [-0.25, -0.2) is 0 Å². The molecule has 0 aliphatic carbocycles. The second kappa shape index (κ2) is 41.4. The van der Waals surface area contributed by atoms with Crippen molar-refractivity contribution < 1.29 is 77.8 Å². The molecule has 0 aliphatic heterocycles. The molecule has 0 saturated heterocycles. The van der Waals surface area contributed by atoms with E-state index in [4.69, 9.17) is 0 Å². The summed E-state index contributed by atoms with van der Waals surface area (Å²) in [6.45, 7) is 0. The van der Waals surface area contributed by atoms with Gasteiger partial charge in [0.1, 0.15) is 0 Å². The van der Waals surface area contributed by atoms with Crippen LogP contribution in [0.3, 0.4) is 0 Å². The molecule has 1 nitrogen and oxygen atoms in total. The molecule has 0 heterocycles. The van der Waals surface area contributed by atoms with Crippen LogP contribution in [0.1, 0.15) is 0 Å². The predicted octanol–water partition coefficient (Wildman–Crippen LogP) is -1.48. The van der Waals surface area contributed by atoms with Gasteiger partial charge < -0.3 is 5.48 Å². The van der Waals surface area contributed by atoms with E-state index in [9.17, 15) is 0 Å². The molecule has 0 unspecified atom stereocenters. The molecule has 42 valence electrons. The Morgan fingerprint density at radius 1 is 1.00 bits per heavy atom. The standard InChI is InChI=1S/Cu.Mn.Na.Ni.H2O.Ti.H/h;;;;1H2;;. The van der Waals surface area contributed by atoms with E-state index >= 15 is 0 Å². The van der Waals surface area contributed by atoms with E-state index in [1.165, 1.54) is 0 Å². The number of rotatable bonds is 0. The summed E-state index contributed by atoms with van der Waals surface area (Å²) in [6, 6.07) is 0. The number of hydrogen-bond acceptors (Lipinski definition) is 0. The maximum absolute atomic E-state index is 0. The molecule has 2 radical (unpaired) electrons. The average Bonchev–Trinajstić information content (AvgIpc) is 0. The fourth-order valence-electron chi connectivity index (χ4n) is 0. The molecule has 0 rings (SSSR count). The van der Waals surface area contributed by atoms with Crippen LogP contribution >= 0.6 is 0 Å². The third kappa shape index (κ3) is 27.0. The third-order valence-corrected chi connectivity index (χ3v) is 0. The summed E-state index contributed by atoms with van der Waals surface area (Å²) >= 11 is 0. The van der Waals surface area contributed by atoms with Gasteiger partial charge in [-0.15, -0.1) is 0 Å². The fraction of sp³-hybridized carbons (Fsp3) is 0. The quantitative estimate of drug-likeness (QED) is 0.479. The Morgan fingerprint density at radius 2 is 1.00 bits per heavy atom. The van der Waals surface area contributed by atoms with Crippen molar-refractivity contribution in [3.05, 3.63) is 0 Å². The molecule has 0 aromatic carbocycles. The Labute approximate surface area is 106 Å². The zero-order valence-electron chi connectivity index (χ0n) is 2.00. The van der Waals surface area contributed by atoms with Crippen molar-refractivity contribution in [1.82, 2.24) is 0 Å². The van der Waals surface area contributed by atoms with Crippen LogP contribution in [0.25, 0.3) is 0 Å². The third-order valence-electron chi connectivity index (χ3n) is 0. The predicted molar refractivity (Wildman–Crippen MR) is 10.8 cm³/mol. The maximum Gasteiger partial charge on any atom is 0 e. The SMILES string of the molecule is O.[Cu].[Mn].[NaH].[Ni].[Ti]. The Hall–Kier alpha value is 3.21. The summed E-state index contributed by atoms with van der Waals surface area (Å²) in [5, 5.41) is 0. The fourth-order valence-corrected chi connectivity index (χ4v) is 0. The van der Waals surface area contributed by atoms with Crippen LogP contribution in [0.15, 0.2) is 0 Å². The van der Waals surface area contributed by atoms with Crippen LogP contribution in [-0.2, 0) is 72.3 Å². The van der Waals surface area contributed by atoms with E-state index in [1.807, 2.05) is 0 Å². The van der Waals surface area contributed by atoms with E-state index in [-0.39, 0.29) is 107 Å². The van der Waals surface area contributed by atoms with E-state index < -0.39 is 0 Å². The van der Waals surface area contributed by atoms with Crippen molar-refractivity contribution in [1.29, 1.82) is 0 Å². The molecule has 6 heteroatoms. The molecular formula is H3CuMnNaNiOTi. The van der Waals surface area contributed by atoms with Crippen LogP contribution in [-0.4, -0.2) is 35.0 Å². The van der Waals surface area contributed by atoms with Crippen molar-refractivity contribution in [3.63, 3.8) is 0 Å². The van der Waals surface area contributed by atoms with Gasteiger partial charge in [0.25, 0.3) is 0 Å². The van der Waals surface area contributed by atoms with Crippen molar-refractivity contribution in [2.45, 2.75) is 0 Å². The Kier molecular flexibility index (Phi) is 417. The normalized spacial score (nSPS) is 0. The van der Waals surface area contributed by atoms with Crippen molar-refractivity contribution in [2.24, 2.45) is 0 Å². The van der Waals surface area contributed by atoms with Gasteiger partial charge in [0.2, 0.25) is 0 Å². The maximum atomic E-state index is 0. The first-order valence-electron chi connectivity index (χ1n) is 0. The van der Waals surface area contributed by atoms with E-state index in [0.717, 1.165) is 0 Å². The van der Waals surface area contributed by atoms with Crippen molar-refractivity contribution >= 4 is 29.6 Å². The van der Waals surface area contributed by atoms with Crippen LogP contribution < -0.4 is 0 Å². The first-order chi connectivity index (χ1) is 0. The minimum Gasteiger partial charge on any atom is 0 e. The topological polar surface area (TPSA) is 31.5 Å². The number of hydrogen-bond donors (Lipinski definition) is 0.